The second-order valence-electron chi connectivity index (χ2n) is 5.89. The summed E-state index contributed by atoms with van der Waals surface area (Å²) in [6.45, 7) is -0.296. The highest BCUT2D eigenvalue weighted by Gasteiger charge is 2.31. The Morgan fingerprint density at radius 3 is 2.75 bits per heavy atom. The molecule has 1 amide bonds. The second-order valence-corrected chi connectivity index (χ2v) is 7.79. The molecule has 1 aliphatic rings. The van der Waals surface area contributed by atoms with Crippen molar-refractivity contribution in [3.05, 3.63) is 30.1 Å². The summed E-state index contributed by atoms with van der Waals surface area (Å²) in [5.41, 5.74) is 0.0709. The van der Waals surface area contributed by atoms with Crippen LogP contribution in [0.5, 0.6) is 0 Å². The van der Waals surface area contributed by atoms with Crippen LogP contribution < -0.4 is 4.31 Å². The number of sulfonamides is 1. The Morgan fingerprint density at radius 2 is 2.17 bits per heavy atom. The lowest BCUT2D eigenvalue weighted by Crippen LogP contribution is -2.50. The molecule has 134 valence electrons. The fraction of sp³-hybridized carbons (Fsp3) is 0.533. The van der Waals surface area contributed by atoms with Crippen LogP contribution in [0.15, 0.2) is 24.3 Å². The maximum absolute atomic E-state index is 13.4. The minimum atomic E-state index is -3.78. The number of carbonyl (C=O) groups excluding carboxylic acids is 1. The van der Waals surface area contributed by atoms with Crippen LogP contribution in [0.25, 0.3) is 0 Å². The third-order valence-electron chi connectivity index (χ3n) is 4.06. The number of hydrogen-bond acceptors (Lipinski definition) is 5. The third kappa shape index (κ3) is 4.43. The number of benzene rings is 1. The highest BCUT2D eigenvalue weighted by Crippen LogP contribution is 2.21. The molecule has 2 N–H and O–H groups in total. The van der Waals surface area contributed by atoms with Crippen molar-refractivity contribution >= 4 is 21.6 Å². The standard InChI is InChI=1S/C15H21FN2O5S/c1-24(22,23)18(13-4-2-3-12(16)7-13)9-15(21)17-6-5-14(20)11(8-17)10-19/h2-4,7,11,14,19-20H,5-6,8-10H2,1H3/t11-,14-/m1/s1. The van der Waals surface area contributed by atoms with Crippen molar-refractivity contribution in [2.75, 3.05) is 36.8 Å². The Bertz CT molecular complexity index is 697. The molecule has 1 aromatic rings. The van der Waals surface area contributed by atoms with E-state index in [-0.39, 0.29) is 25.4 Å². The van der Waals surface area contributed by atoms with E-state index < -0.39 is 40.3 Å². The molecule has 1 saturated heterocycles. The van der Waals surface area contributed by atoms with Gasteiger partial charge in [-0.05, 0) is 24.6 Å². The molecule has 0 radical (unpaired) electrons. The van der Waals surface area contributed by atoms with Gasteiger partial charge in [0.1, 0.15) is 12.4 Å². The van der Waals surface area contributed by atoms with Gasteiger partial charge < -0.3 is 15.1 Å². The van der Waals surface area contributed by atoms with Crippen molar-refractivity contribution in [2.45, 2.75) is 12.5 Å². The number of carbonyl (C=O) groups is 1. The molecule has 1 heterocycles. The Kier molecular flexibility index (Phi) is 5.79. The van der Waals surface area contributed by atoms with Crippen LogP contribution in [0.1, 0.15) is 6.42 Å². The summed E-state index contributed by atoms with van der Waals surface area (Å²) in [6, 6.07) is 5.01. The van der Waals surface area contributed by atoms with Gasteiger partial charge in [-0.2, -0.15) is 0 Å². The van der Waals surface area contributed by atoms with Crippen LogP contribution in [0, 0.1) is 11.7 Å². The number of aliphatic hydroxyl groups excluding tert-OH is 2. The van der Waals surface area contributed by atoms with Crippen LogP contribution >= 0.6 is 0 Å². The first-order valence-corrected chi connectivity index (χ1v) is 9.37. The predicted octanol–water partition coefficient (Wildman–Crippen LogP) is -0.207. The van der Waals surface area contributed by atoms with Gasteiger partial charge in [-0.25, -0.2) is 12.8 Å². The highest BCUT2D eigenvalue weighted by atomic mass is 32.2. The van der Waals surface area contributed by atoms with E-state index in [0.717, 1.165) is 16.6 Å². The summed E-state index contributed by atoms with van der Waals surface area (Å²) in [5, 5.41) is 19.0. The maximum Gasteiger partial charge on any atom is 0.243 e. The molecule has 2 atom stereocenters. The van der Waals surface area contributed by atoms with E-state index in [1.54, 1.807) is 0 Å². The Morgan fingerprint density at radius 1 is 1.46 bits per heavy atom. The van der Waals surface area contributed by atoms with Crippen LogP contribution in [0.4, 0.5) is 10.1 Å². The predicted molar refractivity (Wildman–Crippen MR) is 86.4 cm³/mol. The molecular weight excluding hydrogens is 339 g/mol. The zero-order chi connectivity index (χ0) is 17.9. The van der Waals surface area contributed by atoms with Gasteiger partial charge >= 0.3 is 0 Å². The van der Waals surface area contributed by atoms with E-state index in [9.17, 15) is 27.8 Å². The lowest BCUT2D eigenvalue weighted by Gasteiger charge is -2.36. The van der Waals surface area contributed by atoms with Gasteiger partial charge in [0, 0.05) is 19.0 Å². The van der Waals surface area contributed by atoms with Crippen LogP contribution in [-0.4, -0.2) is 68.0 Å². The third-order valence-corrected chi connectivity index (χ3v) is 5.20. The molecule has 7 nitrogen and oxygen atoms in total. The van der Waals surface area contributed by atoms with Crippen LogP contribution in [-0.2, 0) is 14.8 Å². The Balaban J connectivity index is 2.17. The van der Waals surface area contributed by atoms with E-state index in [1.165, 1.54) is 23.1 Å². The zero-order valence-corrected chi connectivity index (χ0v) is 14.1. The number of amides is 1. The molecule has 1 fully saturated rings. The number of piperidine rings is 1. The van der Waals surface area contributed by atoms with Gasteiger partial charge in [0.05, 0.1) is 24.7 Å². The first-order valence-electron chi connectivity index (χ1n) is 7.52. The number of aliphatic hydroxyl groups is 2. The SMILES string of the molecule is CS(=O)(=O)N(CC(=O)N1CC[C@@H](O)[C@@H](CO)C1)c1cccc(F)c1. The van der Waals surface area contributed by atoms with Crippen molar-refractivity contribution in [2.24, 2.45) is 5.92 Å². The quantitative estimate of drug-likeness (QED) is 0.757. The number of nitrogens with zero attached hydrogens (tertiary/aromatic N) is 2. The second kappa shape index (κ2) is 7.45. The molecule has 0 bridgehead atoms. The number of likely N-dealkylation sites (tertiary alicyclic amines) is 1. The molecule has 9 heteroatoms. The van der Waals surface area contributed by atoms with Crippen molar-refractivity contribution < 1.29 is 27.8 Å². The molecule has 0 aromatic heterocycles. The molecule has 24 heavy (non-hydrogen) atoms. The number of hydrogen-bond donors (Lipinski definition) is 2. The number of rotatable bonds is 5. The molecule has 0 aliphatic carbocycles. The highest BCUT2D eigenvalue weighted by molar-refractivity contribution is 7.92. The monoisotopic (exact) mass is 360 g/mol. The molecule has 2 rings (SSSR count). The van der Waals surface area contributed by atoms with E-state index in [1.807, 2.05) is 0 Å². The van der Waals surface area contributed by atoms with Crippen molar-refractivity contribution in [3.8, 4) is 0 Å². The van der Waals surface area contributed by atoms with E-state index >= 15 is 0 Å². The largest absolute Gasteiger partial charge is 0.396 e. The van der Waals surface area contributed by atoms with Gasteiger partial charge in [0.2, 0.25) is 15.9 Å². The molecule has 0 saturated carbocycles. The van der Waals surface area contributed by atoms with Crippen molar-refractivity contribution in [1.29, 1.82) is 0 Å². The van der Waals surface area contributed by atoms with Crippen LogP contribution in [0.2, 0.25) is 0 Å². The minimum absolute atomic E-state index is 0.0709. The summed E-state index contributed by atoms with van der Waals surface area (Å²) in [4.78, 5) is 13.9. The average Bonchev–Trinajstić information content (AvgIpc) is 2.51. The topological polar surface area (TPSA) is 98.2 Å². The van der Waals surface area contributed by atoms with E-state index in [0.29, 0.717) is 6.42 Å². The maximum atomic E-state index is 13.4. The first-order chi connectivity index (χ1) is 11.2. The molecule has 0 unspecified atom stereocenters. The summed E-state index contributed by atoms with van der Waals surface area (Å²) < 4.78 is 38.2. The number of halogens is 1. The molecular formula is C15H21FN2O5S. The lowest BCUT2D eigenvalue weighted by molar-refractivity contribution is -0.133. The van der Waals surface area contributed by atoms with Gasteiger partial charge in [0.15, 0.2) is 0 Å². The minimum Gasteiger partial charge on any atom is -0.396 e. The van der Waals surface area contributed by atoms with Gasteiger partial charge in [-0.1, -0.05) is 6.07 Å². The van der Waals surface area contributed by atoms with Crippen molar-refractivity contribution in [1.82, 2.24) is 4.90 Å². The number of anilines is 1. The fourth-order valence-corrected chi connectivity index (χ4v) is 3.52. The zero-order valence-electron chi connectivity index (χ0n) is 13.3. The van der Waals surface area contributed by atoms with Gasteiger partial charge in [-0.3, -0.25) is 9.10 Å². The van der Waals surface area contributed by atoms with Gasteiger partial charge in [-0.15, -0.1) is 0 Å². The summed E-state index contributed by atoms with van der Waals surface area (Å²) in [7, 11) is -3.78. The Hall–Kier alpha value is -1.71. The lowest BCUT2D eigenvalue weighted by atomic mass is 9.95. The normalized spacial score (nSPS) is 21.6. The summed E-state index contributed by atoms with van der Waals surface area (Å²) in [5.74, 6) is -1.52. The smallest absolute Gasteiger partial charge is 0.243 e. The van der Waals surface area contributed by atoms with E-state index in [4.69, 9.17) is 0 Å². The first kappa shape index (κ1) is 18.6. The van der Waals surface area contributed by atoms with Gasteiger partial charge in [0.25, 0.3) is 0 Å². The molecule has 1 aromatic carbocycles. The average molecular weight is 360 g/mol. The molecule has 1 aliphatic heterocycles. The van der Waals surface area contributed by atoms with E-state index in [2.05, 4.69) is 0 Å². The summed E-state index contributed by atoms with van der Waals surface area (Å²) >= 11 is 0. The molecule has 0 spiro atoms. The Labute approximate surface area is 140 Å². The fourth-order valence-electron chi connectivity index (χ4n) is 2.68. The summed E-state index contributed by atoms with van der Waals surface area (Å²) in [6.07, 6.45) is 0.575. The van der Waals surface area contributed by atoms with Crippen molar-refractivity contribution in [3.63, 3.8) is 0 Å². The van der Waals surface area contributed by atoms with Crippen LogP contribution in [0.3, 0.4) is 0 Å².